The van der Waals surface area contributed by atoms with Crippen LogP contribution in [0.2, 0.25) is 0 Å². The number of rotatable bonds is 7. The second kappa shape index (κ2) is 13.8. The molecular weight excluding hydrogens is 606 g/mol. The summed E-state index contributed by atoms with van der Waals surface area (Å²) in [5.41, 5.74) is 4.57. The lowest BCUT2D eigenvalue weighted by molar-refractivity contribution is -0.150. The molecule has 0 bridgehead atoms. The van der Waals surface area contributed by atoms with Crippen molar-refractivity contribution in [2.75, 3.05) is 18.6 Å². The van der Waals surface area contributed by atoms with Crippen LogP contribution in [0.25, 0.3) is 0 Å². The summed E-state index contributed by atoms with van der Waals surface area (Å²) < 4.78 is 10.8. The standard InChI is InChI=1S/C39H45N3O6/c1-39(2,3)20-21-48-38(46)42-31-17-11-10-15-28(31)23-34(42)37(45)41-32(26-12-6-5-7-13-26)18-19-33(41)36(44)40-25-29-16-9-8-14-27(29)22-30(40)24-35(43)47-4/h5-17,30,32-34H,18-25H2,1-4H3/t30-,32+,33-,34-/m1/s1. The molecule has 3 aromatic carbocycles. The Hall–Kier alpha value is -4.66. The molecule has 252 valence electrons. The number of anilines is 1. The average molecular weight is 652 g/mol. The molecule has 0 saturated carbocycles. The van der Waals surface area contributed by atoms with Gasteiger partial charge in [0.2, 0.25) is 11.8 Å². The molecule has 3 heterocycles. The molecule has 3 aromatic rings. The van der Waals surface area contributed by atoms with Crippen molar-refractivity contribution in [2.24, 2.45) is 5.41 Å². The summed E-state index contributed by atoms with van der Waals surface area (Å²) in [5, 5.41) is 0. The molecular formula is C39H45N3O6. The highest BCUT2D eigenvalue weighted by molar-refractivity contribution is 6.02. The maximum absolute atomic E-state index is 15.0. The van der Waals surface area contributed by atoms with Crippen LogP contribution in [-0.4, -0.2) is 65.5 Å². The van der Waals surface area contributed by atoms with Gasteiger partial charge in [-0.2, -0.15) is 0 Å². The number of methoxy groups -OCH3 is 1. The predicted molar refractivity (Wildman–Crippen MR) is 182 cm³/mol. The van der Waals surface area contributed by atoms with Crippen LogP contribution in [0.4, 0.5) is 10.5 Å². The normalized spacial score (nSPS) is 21.8. The molecule has 6 rings (SSSR count). The minimum absolute atomic E-state index is 0.0227. The van der Waals surface area contributed by atoms with Gasteiger partial charge in [-0.05, 0) is 59.4 Å². The van der Waals surface area contributed by atoms with Gasteiger partial charge < -0.3 is 19.3 Å². The molecule has 0 aliphatic carbocycles. The number of amides is 3. The van der Waals surface area contributed by atoms with Crippen LogP contribution >= 0.6 is 0 Å². The summed E-state index contributed by atoms with van der Waals surface area (Å²) in [6, 6.07) is 22.9. The van der Waals surface area contributed by atoms with Crippen molar-refractivity contribution in [1.29, 1.82) is 0 Å². The summed E-state index contributed by atoms with van der Waals surface area (Å²) in [7, 11) is 1.35. The second-order valence-electron chi connectivity index (χ2n) is 14.3. The third kappa shape index (κ3) is 6.82. The number of fused-ring (bicyclic) bond motifs is 2. The molecule has 48 heavy (non-hydrogen) atoms. The van der Waals surface area contributed by atoms with Gasteiger partial charge in [-0.15, -0.1) is 0 Å². The van der Waals surface area contributed by atoms with Gasteiger partial charge in [-0.25, -0.2) is 4.79 Å². The molecule has 9 nitrogen and oxygen atoms in total. The van der Waals surface area contributed by atoms with Crippen LogP contribution < -0.4 is 4.90 Å². The Morgan fingerprint density at radius 1 is 0.771 bits per heavy atom. The van der Waals surface area contributed by atoms with Crippen LogP contribution in [0.5, 0.6) is 0 Å². The van der Waals surface area contributed by atoms with E-state index in [0.29, 0.717) is 44.3 Å². The molecule has 3 amide bonds. The molecule has 0 unspecified atom stereocenters. The number of hydrogen-bond donors (Lipinski definition) is 0. The molecule has 0 radical (unpaired) electrons. The van der Waals surface area contributed by atoms with Crippen LogP contribution in [-0.2, 0) is 43.2 Å². The zero-order valence-corrected chi connectivity index (χ0v) is 28.3. The van der Waals surface area contributed by atoms with Gasteiger partial charge in [-0.3, -0.25) is 19.3 Å². The Kier molecular flexibility index (Phi) is 9.58. The number of likely N-dealkylation sites (tertiary alicyclic amines) is 1. The van der Waals surface area contributed by atoms with Crippen molar-refractivity contribution in [3.63, 3.8) is 0 Å². The minimum Gasteiger partial charge on any atom is -0.469 e. The lowest BCUT2D eigenvalue weighted by atomic mass is 9.91. The number of ether oxygens (including phenoxy) is 2. The SMILES string of the molecule is COC(=O)C[C@H]1Cc2ccccc2CN1C(=O)[C@H]1CC[C@@H](c2ccccc2)N1C(=O)[C@H]1Cc2ccccc2N1C(=O)OCCC(C)(C)C. The largest absolute Gasteiger partial charge is 0.469 e. The van der Waals surface area contributed by atoms with Gasteiger partial charge in [-0.1, -0.05) is 93.6 Å². The smallest absolute Gasteiger partial charge is 0.415 e. The van der Waals surface area contributed by atoms with E-state index < -0.39 is 24.2 Å². The van der Waals surface area contributed by atoms with Crippen molar-refractivity contribution in [1.82, 2.24) is 9.80 Å². The molecule has 3 aliphatic rings. The number of hydrogen-bond acceptors (Lipinski definition) is 6. The topological polar surface area (TPSA) is 96.5 Å². The Morgan fingerprint density at radius 3 is 2.15 bits per heavy atom. The van der Waals surface area contributed by atoms with Gasteiger partial charge in [0.25, 0.3) is 0 Å². The van der Waals surface area contributed by atoms with E-state index in [1.165, 1.54) is 12.0 Å². The van der Waals surface area contributed by atoms with Gasteiger partial charge in [0.1, 0.15) is 12.1 Å². The molecule has 9 heteroatoms. The molecule has 4 atom stereocenters. The molecule has 1 fully saturated rings. The first-order valence-electron chi connectivity index (χ1n) is 16.9. The van der Waals surface area contributed by atoms with Crippen LogP contribution in [0.15, 0.2) is 78.9 Å². The second-order valence-corrected chi connectivity index (χ2v) is 14.3. The summed E-state index contributed by atoms with van der Waals surface area (Å²) >= 11 is 0. The minimum atomic E-state index is -0.864. The number of carbonyl (C=O) groups is 4. The fourth-order valence-electron chi connectivity index (χ4n) is 7.35. The quantitative estimate of drug-likeness (QED) is 0.281. The van der Waals surface area contributed by atoms with Crippen LogP contribution in [0.3, 0.4) is 0 Å². The zero-order valence-electron chi connectivity index (χ0n) is 28.3. The number of para-hydroxylation sites is 1. The highest BCUT2D eigenvalue weighted by atomic mass is 16.6. The molecule has 3 aliphatic heterocycles. The Labute approximate surface area is 282 Å². The van der Waals surface area contributed by atoms with E-state index in [2.05, 4.69) is 20.8 Å². The van der Waals surface area contributed by atoms with E-state index in [-0.39, 0.29) is 42.3 Å². The van der Waals surface area contributed by atoms with Crippen molar-refractivity contribution >= 4 is 29.6 Å². The van der Waals surface area contributed by atoms with Crippen molar-refractivity contribution < 1.29 is 28.7 Å². The third-order valence-corrected chi connectivity index (χ3v) is 9.91. The van der Waals surface area contributed by atoms with Crippen molar-refractivity contribution in [3.05, 3.63) is 101 Å². The van der Waals surface area contributed by atoms with Crippen molar-refractivity contribution in [3.8, 4) is 0 Å². The van der Waals surface area contributed by atoms with Crippen LogP contribution in [0, 0.1) is 5.41 Å². The van der Waals surface area contributed by atoms with Gasteiger partial charge >= 0.3 is 12.1 Å². The Balaban J connectivity index is 1.34. The Morgan fingerprint density at radius 2 is 1.44 bits per heavy atom. The van der Waals surface area contributed by atoms with E-state index in [0.717, 1.165) is 22.3 Å². The highest BCUT2D eigenvalue weighted by Crippen LogP contribution is 2.42. The fourth-order valence-corrected chi connectivity index (χ4v) is 7.35. The fraction of sp³-hybridized carbons (Fsp3) is 0.436. The van der Waals surface area contributed by atoms with Crippen LogP contribution in [0.1, 0.15) is 74.8 Å². The Bertz CT molecular complexity index is 1670. The molecule has 0 spiro atoms. The highest BCUT2D eigenvalue weighted by Gasteiger charge is 2.50. The van der Waals surface area contributed by atoms with E-state index >= 15 is 0 Å². The number of esters is 1. The summed E-state index contributed by atoms with van der Waals surface area (Å²) in [6.07, 6.45) is 2.07. The molecule has 0 aromatic heterocycles. The number of benzene rings is 3. The number of carbonyl (C=O) groups excluding carboxylic acids is 4. The van der Waals surface area contributed by atoms with Crippen molar-refractivity contribution in [2.45, 2.75) is 90.0 Å². The summed E-state index contributed by atoms with van der Waals surface area (Å²) in [6.45, 7) is 6.83. The first-order chi connectivity index (χ1) is 23.1. The summed E-state index contributed by atoms with van der Waals surface area (Å²) in [4.78, 5) is 61.0. The first kappa shape index (κ1) is 33.2. The van der Waals surface area contributed by atoms with E-state index in [9.17, 15) is 19.2 Å². The average Bonchev–Trinajstić information content (AvgIpc) is 3.70. The maximum atomic E-state index is 15.0. The maximum Gasteiger partial charge on any atom is 0.415 e. The predicted octanol–water partition coefficient (Wildman–Crippen LogP) is 6.24. The molecule has 1 saturated heterocycles. The van der Waals surface area contributed by atoms with Gasteiger partial charge in [0.15, 0.2) is 0 Å². The van der Waals surface area contributed by atoms with Gasteiger partial charge in [0.05, 0.1) is 31.9 Å². The first-order valence-corrected chi connectivity index (χ1v) is 16.9. The third-order valence-electron chi connectivity index (χ3n) is 9.91. The number of nitrogens with zero attached hydrogens (tertiary/aromatic N) is 3. The van der Waals surface area contributed by atoms with E-state index in [1.54, 1.807) is 9.80 Å². The van der Waals surface area contributed by atoms with E-state index in [4.69, 9.17) is 9.47 Å². The molecule has 0 N–H and O–H groups in total. The summed E-state index contributed by atoms with van der Waals surface area (Å²) in [5.74, 6) is -0.867. The lowest BCUT2D eigenvalue weighted by Gasteiger charge is -2.41. The monoisotopic (exact) mass is 651 g/mol. The lowest BCUT2D eigenvalue weighted by Crippen LogP contribution is -2.57. The zero-order chi connectivity index (χ0) is 34.0. The van der Waals surface area contributed by atoms with E-state index in [1.807, 2.05) is 78.9 Å². The van der Waals surface area contributed by atoms with Gasteiger partial charge in [0, 0.05) is 19.0 Å².